The fourth-order valence-electron chi connectivity index (χ4n) is 8.57. The highest BCUT2D eigenvalue weighted by atomic mass is 32.2. The minimum absolute atomic E-state index is 0.427. The van der Waals surface area contributed by atoms with Crippen LogP contribution in [0.4, 0.5) is 0 Å². The molecule has 0 N–H and O–H groups in total. The minimum Gasteiger partial charge on any atom is -0.208 e. The van der Waals surface area contributed by atoms with Crippen LogP contribution in [0.25, 0.3) is 66.8 Å². The van der Waals surface area contributed by atoms with Gasteiger partial charge in [-0.3, -0.25) is 0 Å². The molecule has 0 saturated carbocycles. The maximum absolute atomic E-state index is 5.26. The van der Waals surface area contributed by atoms with E-state index in [4.69, 9.17) is 15.0 Å². The van der Waals surface area contributed by atoms with E-state index in [9.17, 15) is 0 Å². The zero-order valence-electron chi connectivity index (χ0n) is 28.0. The van der Waals surface area contributed by atoms with Gasteiger partial charge >= 0.3 is 0 Å². The van der Waals surface area contributed by atoms with Crippen LogP contribution in [0.3, 0.4) is 0 Å². The van der Waals surface area contributed by atoms with Crippen LogP contribution in [0.15, 0.2) is 186 Å². The highest BCUT2D eigenvalue weighted by molar-refractivity contribution is 7.99. The predicted octanol–water partition coefficient (Wildman–Crippen LogP) is 12.0. The number of hydrogen-bond donors (Lipinski definition) is 0. The van der Waals surface area contributed by atoms with Gasteiger partial charge in [0, 0.05) is 26.5 Å². The van der Waals surface area contributed by atoms with Crippen molar-refractivity contribution in [3.05, 3.63) is 198 Å². The lowest BCUT2D eigenvalue weighted by atomic mass is 9.67. The third-order valence-corrected chi connectivity index (χ3v) is 11.9. The summed E-state index contributed by atoms with van der Waals surface area (Å²) in [6, 6.07) is 63.2. The molecule has 11 rings (SSSR count). The molecule has 0 atom stereocenters. The first kappa shape index (κ1) is 29.4. The van der Waals surface area contributed by atoms with E-state index >= 15 is 0 Å². The Morgan fingerprint density at radius 3 is 1.63 bits per heavy atom. The van der Waals surface area contributed by atoms with Gasteiger partial charge in [0.2, 0.25) is 0 Å². The molecule has 3 nitrogen and oxygen atoms in total. The molecule has 2 aliphatic rings. The third kappa shape index (κ3) is 4.19. The molecule has 52 heavy (non-hydrogen) atoms. The Bertz CT molecular complexity index is 2850. The van der Waals surface area contributed by atoms with Gasteiger partial charge in [0.25, 0.3) is 0 Å². The van der Waals surface area contributed by atoms with E-state index in [1.807, 2.05) is 30.0 Å². The maximum atomic E-state index is 5.26. The first-order valence-corrected chi connectivity index (χ1v) is 18.4. The molecule has 9 aromatic rings. The largest absolute Gasteiger partial charge is 0.208 e. The van der Waals surface area contributed by atoms with Crippen LogP contribution in [-0.4, -0.2) is 15.0 Å². The number of rotatable bonds is 3. The summed E-state index contributed by atoms with van der Waals surface area (Å²) < 4.78 is 0. The van der Waals surface area contributed by atoms with Crippen LogP contribution in [0.5, 0.6) is 0 Å². The average Bonchev–Trinajstić information content (AvgIpc) is 3.49. The summed E-state index contributed by atoms with van der Waals surface area (Å²) >= 11 is 1.87. The second-order valence-corrected chi connectivity index (χ2v) is 14.6. The summed E-state index contributed by atoms with van der Waals surface area (Å²) in [6.07, 6.45) is 0. The van der Waals surface area contributed by atoms with Crippen molar-refractivity contribution in [1.82, 2.24) is 15.0 Å². The van der Waals surface area contributed by atoms with Crippen molar-refractivity contribution >= 4 is 33.3 Å². The highest BCUT2D eigenvalue weighted by Crippen LogP contribution is 2.62. The first-order valence-electron chi connectivity index (χ1n) is 17.6. The van der Waals surface area contributed by atoms with Gasteiger partial charge in [-0.2, -0.15) is 0 Å². The maximum Gasteiger partial charge on any atom is 0.164 e. The first-order chi connectivity index (χ1) is 25.8. The summed E-state index contributed by atoms with van der Waals surface area (Å²) in [5.74, 6) is 1.98. The summed E-state index contributed by atoms with van der Waals surface area (Å²) in [6.45, 7) is 0. The van der Waals surface area contributed by atoms with Gasteiger partial charge in [0.1, 0.15) is 0 Å². The molecule has 0 bridgehead atoms. The molecule has 1 aliphatic carbocycles. The summed E-state index contributed by atoms with van der Waals surface area (Å²) in [7, 11) is 0. The molecule has 0 radical (unpaired) electrons. The van der Waals surface area contributed by atoms with Gasteiger partial charge in [0.05, 0.1) is 5.41 Å². The lowest BCUT2D eigenvalue weighted by Gasteiger charge is -2.39. The molecule has 0 saturated heterocycles. The molecule has 0 unspecified atom stereocenters. The molecular weight excluding hydrogens is 651 g/mol. The van der Waals surface area contributed by atoms with Crippen LogP contribution in [0.2, 0.25) is 0 Å². The van der Waals surface area contributed by atoms with E-state index < -0.39 is 5.41 Å². The van der Waals surface area contributed by atoms with Gasteiger partial charge in [0.15, 0.2) is 17.5 Å². The Kier molecular flexibility index (Phi) is 6.40. The molecule has 1 spiro atoms. The molecule has 242 valence electrons. The second-order valence-electron chi connectivity index (χ2n) is 13.5. The van der Waals surface area contributed by atoms with Gasteiger partial charge in [-0.05, 0) is 79.2 Å². The van der Waals surface area contributed by atoms with Crippen molar-refractivity contribution in [3.63, 3.8) is 0 Å². The molecule has 2 heterocycles. The van der Waals surface area contributed by atoms with Crippen molar-refractivity contribution in [2.45, 2.75) is 15.2 Å². The fraction of sp³-hybridized carbons (Fsp3) is 0.0208. The number of fused-ring (bicyclic) bond motifs is 11. The molecule has 4 heteroatoms. The predicted molar refractivity (Wildman–Crippen MR) is 213 cm³/mol. The fourth-order valence-corrected chi connectivity index (χ4v) is 9.76. The molecule has 0 amide bonds. The number of nitrogens with zero attached hydrogens (tertiary/aromatic N) is 3. The van der Waals surface area contributed by atoms with Crippen molar-refractivity contribution in [2.75, 3.05) is 0 Å². The number of hydrogen-bond acceptors (Lipinski definition) is 4. The van der Waals surface area contributed by atoms with E-state index in [1.54, 1.807) is 0 Å². The average molecular weight is 680 g/mol. The van der Waals surface area contributed by atoms with Crippen LogP contribution < -0.4 is 0 Å². The Morgan fingerprint density at radius 1 is 0.346 bits per heavy atom. The van der Waals surface area contributed by atoms with E-state index in [1.165, 1.54) is 43.2 Å². The third-order valence-electron chi connectivity index (χ3n) is 10.8. The smallest absolute Gasteiger partial charge is 0.164 e. The molecular formula is C48H29N3S. The van der Waals surface area contributed by atoms with Gasteiger partial charge in [-0.1, -0.05) is 163 Å². The van der Waals surface area contributed by atoms with Crippen molar-refractivity contribution in [2.24, 2.45) is 0 Å². The Morgan fingerprint density at radius 2 is 0.885 bits per heavy atom. The molecule has 1 aliphatic heterocycles. The minimum atomic E-state index is -0.427. The monoisotopic (exact) mass is 679 g/mol. The van der Waals surface area contributed by atoms with Crippen LogP contribution in [0, 0.1) is 0 Å². The van der Waals surface area contributed by atoms with E-state index in [0.717, 1.165) is 38.2 Å². The topological polar surface area (TPSA) is 38.7 Å². The lowest BCUT2D eigenvalue weighted by molar-refractivity contribution is 0.723. The standard InChI is InChI=1S/C48H29N3S/c1-2-15-31(16-3-1)45-49-46(35-21-12-17-30-14-4-5-19-33(30)35)51-47(50-45)36-22-13-18-32-28-42-38(29-37(32)36)34-20-6-7-23-39(34)48(42)40-24-8-10-26-43(40)52-44-27-11-9-25-41(44)48/h1-29H. The molecule has 8 aromatic carbocycles. The van der Waals surface area contributed by atoms with Gasteiger partial charge in [-0.15, -0.1) is 0 Å². The summed E-state index contributed by atoms with van der Waals surface area (Å²) in [5, 5.41) is 4.55. The van der Waals surface area contributed by atoms with Gasteiger partial charge < -0.3 is 0 Å². The van der Waals surface area contributed by atoms with E-state index in [2.05, 4.69) is 158 Å². The quantitative estimate of drug-likeness (QED) is 0.186. The van der Waals surface area contributed by atoms with Crippen LogP contribution in [-0.2, 0) is 5.41 Å². The van der Waals surface area contributed by atoms with E-state index in [0.29, 0.717) is 17.5 Å². The van der Waals surface area contributed by atoms with Crippen molar-refractivity contribution in [3.8, 4) is 45.3 Å². The zero-order chi connectivity index (χ0) is 34.2. The van der Waals surface area contributed by atoms with Gasteiger partial charge in [-0.25, -0.2) is 15.0 Å². The Labute approximate surface area is 305 Å². The van der Waals surface area contributed by atoms with Crippen molar-refractivity contribution in [1.29, 1.82) is 0 Å². The molecule has 1 aromatic heterocycles. The Balaban J connectivity index is 1.19. The Hall–Kier alpha value is -6.36. The lowest BCUT2D eigenvalue weighted by Crippen LogP contribution is -2.31. The number of benzene rings is 8. The van der Waals surface area contributed by atoms with Crippen molar-refractivity contribution < 1.29 is 0 Å². The SMILES string of the molecule is c1ccc(-c2nc(-c3cccc4ccccc34)nc(-c3cccc4cc5c(cc34)-c3ccccc3C53c4ccccc4Sc4ccccc43)n2)cc1. The van der Waals surface area contributed by atoms with Crippen LogP contribution >= 0.6 is 11.8 Å². The normalized spacial score (nSPS) is 13.5. The zero-order valence-corrected chi connectivity index (χ0v) is 28.8. The summed E-state index contributed by atoms with van der Waals surface area (Å²) in [5.41, 5.74) is 10.3. The number of aromatic nitrogens is 3. The van der Waals surface area contributed by atoms with E-state index in [-0.39, 0.29) is 0 Å². The van der Waals surface area contributed by atoms with Crippen LogP contribution in [0.1, 0.15) is 22.3 Å². The second kappa shape index (κ2) is 11.3. The molecule has 0 fully saturated rings. The highest BCUT2D eigenvalue weighted by Gasteiger charge is 2.50. The summed E-state index contributed by atoms with van der Waals surface area (Å²) in [4.78, 5) is 18.1.